The molecule has 0 saturated carbocycles. The number of nitrogens with one attached hydrogen (secondary N) is 3. The van der Waals surface area contributed by atoms with Crippen LogP contribution in [0.1, 0.15) is 41.9 Å². The molecule has 244 valence electrons. The van der Waals surface area contributed by atoms with E-state index in [1.807, 2.05) is 32.0 Å². The number of hydrogen-bond acceptors (Lipinski definition) is 8. The summed E-state index contributed by atoms with van der Waals surface area (Å²) in [5.41, 5.74) is 7.15. The first-order valence-corrected chi connectivity index (χ1v) is 14.4. The van der Waals surface area contributed by atoms with Crippen LogP contribution in [0.15, 0.2) is 71.5 Å². The number of aryl methyl sites for hydroxylation is 1. The Morgan fingerprint density at radius 3 is 2.50 bits per heavy atom. The van der Waals surface area contributed by atoms with Gasteiger partial charge in [0.25, 0.3) is 0 Å². The molecule has 12 nitrogen and oxygen atoms in total. The molecule has 0 radical (unpaired) electrons. The van der Waals surface area contributed by atoms with Crippen LogP contribution in [0.25, 0.3) is 5.69 Å². The summed E-state index contributed by atoms with van der Waals surface area (Å²) < 4.78 is 41.2. The Hall–Kier alpha value is -5.24. The van der Waals surface area contributed by atoms with Gasteiger partial charge in [-0.3, -0.25) is 10.4 Å². The van der Waals surface area contributed by atoms with E-state index in [9.17, 15) is 18.4 Å². The summed E-state index contributed by atoms with van der Waals surface area (Å²) in [5.74, 6) is -5.40. The highest BCUT2D eigenvalue weighted by molar-refractivity contribution is 5.95. The molecule has 1 heterocycles. The number of methoxy groups -OCH3 is 1. The maximum Gasteiger partial charge on any atom is 0.374 e. The number of nitrogens with two attached hydrogens (primary N) is 1. The number of carboxylic acids is 1. The number of amidine groups is 1. The fourth-order valence-corrected chi connectivity index (χ4v) is 4.92. The molecule has 0 fully saturated rings. The first-order valence-electron chi connectivity index (χ1n) is 14.4. The highest BCUT2D eigenvalue weighted by Gasteiger charge is 2.38. The normalized spacial score (nSPS) is 12.8. The zero-order chi connectivity index (χ0) is 33.6. The first kappa shape index (κ1) is 33.6. The van der Waals surface area contributed by atoms with E-state index in [0.29, 0.717) is 35.0 Å². The van der Waals surface area contributed by atoms with Gasteiger partial charge in [-0.2, -0.15) is 13.5 Å². The van der Waals surface area contributed by atoms with E-state index in [1.165, 1.54) is 23.9 Å². The van der Waals surface area contributed by atoms with Crippen LogP contribution >= 0.6 is 0 Å². The van der Waals surface area contributed by atoms with Crippen LogP contribution in [0.5, 0.6) is 11.5 Å². The van der Waals surface area contributed by atoms with Crippen LogP contribution in [-0.2, 0) is 11.2 Å². The third-order valence-electron chi connectivity index (χ3n) is 7.12. The molecule has 0 aliphatic rings. The number of hydrogen-bond donors (Lipinski definition) is 5. The van der Waals surface area contributed by atoms with E-state index in [1.54, 1.807) is 48.5 Å². The predicted molar refractivity (Wildman–Crippen MR) is 170 cm³/mol. The molecule has 46 heavy (non-hydrogen) atoms. The average Bonchev–Trinajstić information content (AvgIpc) is 3.40. The molecule has 2 atom stereocenters. The van der Waals surface area contributed by atoms with Crippen molar-refractivity contribution in [1.82, 2.24) is 19.7 Å². The third kappa shape index (κ3) is 8.07. The highest BCUT2D eigenvalue weighted by Crippen LogP contribution is 2.35. The number of para-hydroxylation sites is 1. The lowest BCUT2D eigenvalue weighted by Crippen LogP contribution is -2.28. The van der Waals surface area contributed by atoms with Crippen molar-refractivity contribution in [3.8, 4) is 17.2 Å². The number of nitrogens with zero attached hydrogens (tertiary/aromatic N) is 3. The number of aromatic nitrogens is 3. The van der Waals surface area contributed by atoms with Crippen LogP contribution in [0.3, 0.4) is 0 Å². The molecule has 1 aromatic heterocycles. The Morgan fingerprint density at radius 1 is 1.15 bits per heavy atom. The first-order chi connectivity index (χ1) is 21.8. The molecular formula is C32H37F2N7O5. The molecule has 0 aliphatic carbocycles. The summed E-state index contributed by atoms with van der Waals surface area (Å²) in [6.45, 7) is 2.59. The fourth-order valence-electron chi connectivity index (χ4n) is 4.92. The SMILES string of the molecule is COc1cc(C(Nc2ccc(C(=N)N)cc2CCC(F)(F)C(=O)O)c2nn(-c3ccccc3)c(=O)[nH]2)ccc1OC(C)CN(C)C. The second kappa shape index (κ2) is 14.2. The number of ether oxygens (including phenoxy) is 2. The molecule has 0 amide bonds. The van der Waals surface area contributed by atoms with Crippen molar-refractivity contribution in [2.24, 2.45) is 5.73 Å². The van der Waals surface area contributed by atoms with Gasteiger partial charge in [0, 0.05) is 24.2 Å². The molecule has 0 bridgehead atoms. The van der Waals surface area contributed by atoms with Crippen molar-refractivity contribution < 1.29 is 28.2 Å². The zero-order valence-corrected chi connectivity index (χ0v) is 25.9. The van der Waals surface area contributed by atoms with Crippen molar-refractivity contribution in [2.45, 2.75) is 37.8 Å². The van der Waals surface area contributed by atoms with Gasteiger partial charge in [0.1, 0.15) is 18.0 Å². The van der Waals surface area contributed by atoms with Gasteiger partial charge in [-0.15, -0.1) is 5.10 Å². The molecule has 4 rings (SSSR count). The van der Waals surface area contributed by atoms with Gasteiger partial charge in [-0.1, -0.05) is 24.3 Å². The predicted octanol–water partition coefficient (Wildman–Crippen LogP) is 4.04. The van der Waals surface area contributed by atoms with Gasteiger partial charge in [0.2, 0.25) is 0 Å². The second-order valence-electron chi connectivity index (χ2n) is 11.0. The topological polar surface area (TPSA) is 172 Å². The number of halogens is 2. The summed E-state index contributed by atoms with van der Waals surface area (Å²) in [6.07, 6.45) is -1.51. The molecule has 3 aromatic carbocycles. The number of likely N-dealkylation sites (N-methyl/N-ethyl adjacent to an activating group) is 1. The minimum absolute atomic E-state index is 0.159. The van der Waals surface area contributed by atoms with E-state index in [4.69, 9.17) is 25.7 Å². The summed E-state index contributed by atoms with van der Waals surface area (Å²) >= 11 is 0. The number of aliphatic carboxylic acids is 1. The minimum Gasteiger partial charge on any atom is -0.493 e. The second-order valence-corrected chi connectivity index (χ2v) is 11.0. The number of rotatable bonds is 15. The lowest BCUT2D eigenvalue weighted by atomic mass is 9.99. The number of carboxylic acid groups (broad SMARTS) is 1. The van der Waals surface area contributed by atoms with Crippen molar-refractivity contribution in [2.75, 3.05) is 33.1 Å². The van der Waals surface area contributed by atoms with Crippen molar-refractivity contribution >= 4 is 17.5 Å². The standard InChI is InChI=1S/C32H37F2N7O5/c1-19(18-40(2)3)46-25-13-11-21(17-26(25)45-4)27(29-38-31(44)41(39-29)23-8-6-5-7-9-23)37-24-12-10-22(28(35)36)16-20(24)14-15-32(33,34)30(42)43/h5-13,16-17,19,27,37H,14-15,18H2,1-4H3,(H3,35,36)(H,42,43)(H,38,39,44). The Labute approximate surface area is 264 Å². The number of carbonyl (C=O) groups is 1. The van der Waals surface area contributed by atoms with Gasteiger partial charge in [0.15, 0.2) is 17.3 Å². The molecule has 2 unspecified atom stereocenters. The maximum absolute atomic E-state index is 14.1. The zero-order valence-electron chi connectivity index (χ0n) is 25.9. The highest BCUT2D eigenvalue weighted by atomic mass is 19.3. The Kier molecular flexibility index (Phi) is 10.4. The number of anilines is 1. The number of nitrogen functional groups attached to an aromatic ring is 1. The summed E-state index contributed by atoms with van der Waals surface area (Å²) in [7, 11) is 5.37. The minimum atomic E-state index is -3.98. The molecule has 4 aromatic rings. The summed E-state index contributed by atoms with van der Waals surface area (Å²) in [4.78, 5) is 29.0. The van der Waals surface area contributed by atoms with E-state index in [0.717, 1.165) is 0 Å². The Balaban J connectivity index is 1.81. The van der Waals surface area contributed by atoms with Gasteiger partial charge >= 0.3 is 17.6 Å². The quantitative estimate of drug-likeness (QED) is 0.0953. The van der Waals surface area contributed by atoms with Crippen molar-refractivity contribution in [3.63, 3.8) is 0 Å². The van der Waals surface area contributed by atoms with Crippen LogP contribution in [-0.4, -0.2) is 76.4 Å². The van der Waals surface area contributed by atoms with Crippen LogP contribution in [0, 0.1) is 5.41 Å². The molecule has 0 saturated heterocycles. The van der Waals surface area contributed by atoms with Gasteiger partial charge in [-0.25, -0.2) is 9.59 Å². The average molecular weight is 638 g/mol. The Bertz CT molecular complexity index is 1740. The lowest BCUT2D eigenvalue weighted by molar-refractivity contribution is -0.165. The summed E-state index contributed by atoms with van der Waals surface area (Å²) in [5, 5.41) is 24.6. The molecule has 6 N–H and O–H groups in total. The van der Waals surface area contributed by atoms with Crippen LogP contribution < -0.4 is 26.2 Å². The molecule has 0 aliphatic heterocycles. The Morgan fingerprint density at radius 2 is 1.87 bits per heavy atom. The molecular weight excluding hydrogens is 600 g/mol. The van der Waals surface area contributed by atoms with Gasteiger partial charge in [-0.05, 0) is 81.0 Å². The molecule has 0 spiro atoms. The largest absolute Gasteiger partial charge is 0.493 e. The summed E-state index contributed by atoms with van der Waals surface area (Å²) in [6, 6.07) is 17.7. The molecule has 14 heteroatoms. The fraction of sp³-hybridized carbons (Fsp3) is 0.312. The third-order valence-corrected chi connectivity index (χ3v) is 7.12. The van der Waals surface area contributed by atoms with Crippen molar-refractivity contribution in [3.05, 3.63) is 99.7 Å². The lowest BCUT2D eigenvalue weighted by Gasteiger charge is -2.24. The maximum atomic E-state index is 14.1. The van der Waals surface area contributed by atoms with Crippen LogP contribution in [0.4, 0.5) is 14.5 Å². The smallest absolute Gasteiger partial charge is 0.374 e. The monoisotopic (exact) mass is 637 g/mol. The van der Waals surface area contributed by atoms with Crippen molar-refractivity contribution in [1.29, 1.82) is 5.41 Å². The van der Waals surface area contributed by atoms with E-state index < -0.39 is 30.0 Å². The number of H-pyrrole nitrogens is 1. The number of benzene rings is 3. The van der Waals surface area contributed by atoms with Gasteiger partial charge < -0.3 is 30.5 Å². The van der Waals surface area contributed by atoms with E-state index in [-0.39, 0.29) is 35.3 Å². The van der Waals surface area contributed by atoms with E-state index >= 15 is 0 Å². The number of alkyl halides is 2. The van der Waals surface area contributed by atoms with Crippen LogP contribution in [0.2, 0.25) is 0 Å². The van der Waals surface area contributed by atoms with E-state index in [2.05, 4.69) is 15.4 Å². The van der Waals surface area contributed by atoms with Gasteiger partial charge in [0.05, 0.1) is 12.8 Å². The number of aromatic amines is 1.